The Balaban J connectivity index is 1.80. The molecule has 132 valence electrons. The summed E-state index contributed by atoms with van der Waals surface area (Å²) in [6.07, 6.45) is 5.73. The summed E-state index contributed by atoms with van der Waals surface area (Å²) < 4.78 is 15.5. The predicted octanol–water partition coefficient (Wildman–Crippen LogP) is 3.43. The highest BCUT2D eigenvalue weighted by molar-refractivity contribution is 5.70. The molecule has 0 atom stereocenters. The Labute approximate surface area is 142 Å². The molecule has 0 spiro atoms. The second-order valence-electron chi connectivity index (χ2n) is 6.04. The predicted molar refractivity (Wildman–Crippen MR) is 89.1 cm³/mol. The summed E-state index contributed by atoms with van der Waals surface area (Å²) in [7, 11) is 1.49. The van der Waals surface area contributed by atoms with E-state index in [1.54, 1.807) is 18.2 Å². The van der Waals surface area contributed by atoms with Gasteiger partial charge < -0.3 is 19.5 Å². The first kappa shape index (κ1) is 18.1. The third-order valence-corrected chi connectivity index (χ3v) is 4.11. The topological polar surface area (TPSA) is 73.9 Å². The van der Waals surface area contributed by atoms with E-state index in [0.717, 1.165) is 5.56 Å². The Morgan fingerprint density at radius 2 is 1.92 bits per heavy atom. The molecule has 0 heterocycles. The number of carbonyl (C=O) groups is 2. The van der Waals surface area contributed by atoms with Crippen LogP contribution in [-0.2, 0) is 16.1 Å². The van der Waals surface area contributed by atoms with E-state index in [4.69, 9.17) is 14.2 Å². The fraction of sp³-hybridized carbons (Fsp3) is 0.556. The van der Waals surface area contributed by atoms with Gasteiger partial charge >= 0.3 is 12.1 Å². The van der Waals surface area contributed by atoms with Crippen LogP contribution in [-0.4, -0.2) is 25.7 Å². The third-order valence-electron chi connectivity index (χ3n) is 4.11. The fourth-order valence-electron chi connectivity index (χ4n) is 2.86. The lowest BCUT2D eigenvalue weighted by Crippen LogP contribution is -2.30. The first-order valence-electron chi connectivity index (χ1n) is 8.34. The maximum atomic E-state index is 11.8. The minimum atomic E-state index is -0.417. The molecule has 1 aromatic rings. The SMILES string of the molecule is COc1cc(COC(=O)NCC2CCCCC2)ccc1OC(C)=O. The van der Waals surface area contributed by atoms with Crippen LogP contribution in [0.2, 0.25) is 0 Å². The molecule has 1 N–H and O–H groups in total. The monoisotopic (exact) mass is 335 g/mol. The fourth-order valence-corrected chi connectivity index (χ4v) is 2.86. The van der Waals surface area contributed by atoms with Gasteiger partial charge in [-0.3, -0.25) is 4.79 Å². The van der Waals surface area contributed by atoms with Crippen molar-refractivity contribution in [3.8, 4) is 11.5 Å². The number of alkyl carbamates (subject to hydrolysis) is 1. The molecule has 1 amide bonds. The van der Waals surface area contributed by atoms with Crippen molar-refractivity contribution in [1.29, 1.82) is 0 Å². The Hall–Kier alpha value is -2.24. The van der Waals surface area contributed by atoms with Crippen molar-refractivity contribution < 1.29 is 23.8 Å². The molecule has 1 fully saturated rings. The van der Waals surface area contributed by atoms with E-state index in [1.165, 1.54) is 46.1 Å². The van der Waals surface area contributed by atoms with Gasteiger partial charge in [-0.15, -0.1) is 0 Å². The van der Waals surface area contributed by atoms with E-state index in [2.05, 4.69) is 5.32 Å². The van der Waals surface area contributed by atoms with Gasteiger partial charge in [-0.2, -0.15) is 0 Å². The van der Waals surface area contributed by atoms with Gasteiger partial charge in [0, 0.05) is 13.5 Å². The van der Waals surface area contributed by atoms with Crippen molar-refractivity contribution in [3.05, 3.63) is 23.8 Å². The van der Waals surface area contributed by atoms with Crippen LogP contribution in [0.1, 0.15) is 44.6 Å². The number of esters is 1. The molecule has 1 saturated carbocycles. The quantitative estimate of drug-likeness (QED) is 0.637. The largest absolute Gasteiger partial charge is 0.493 e. The van der Waals surface area contributed by atoms with Gasteiger partial charge in [-0.25, -0.2) is 4.79 Å². The minimum absolute atomic E-state index is 0.132. The van der Waals surface area contributed by atoms with Gasteiger partial charge in [0.05, 0.1) is 7.11 Å². The second-order valence-corrected chi connectivity index (χ2v) is 6.04. The van der Waals surface area contributed by atoms with Crippen molar-refractivity contribution in [2.75, 3.05) is 13.7 Å². The van der Waals surface area contributed by atoms with Crippen LogP contribution in [0.3, 0.4) is 0 Å². The summed E-state index contributed by atoms with van der Waals surface area (Å²) in [5.41, 5.74) is 0.760. The van der Waals surface area contributed by atoms with Crippen molar-refractivity contribution in [2.24, 2.45) is 5.92 Å². The standard InChI is InChI=1S/C18H25NO5/c1-13(20)24-16-9-8-15(10-17(16)22-2)12-23-18(21)19-11-14-6-4-3-5-7-14/h8-10,14H,3-7,11-12H2,1-2H3,(H,19,21). The Morgan fingerprint density at radius 1 is 1.17 bits per heavy atom. The maximum absolute atomic E-state index is 11.8. The molecule has 0 unspecified atom stereocenters. The van der Waals surface area contributed by atoms with Gasteiger partial charge in [0.15, 0.2) is 11.5 Å². The van der Waals surface area contributed by atoms with Gasteiger partial charge in [0.2, 0.25) is 0 Å². The summed E-state index contributed by atoms with van der Waals surface area (Å²) >= 11 is 0. The number of hydrogen-bond donors (Lipinski definition) is 1. The Kier molecular flexibility index (Phi) is 6.90. The summed E-state index contributed by atoms with van der Waals surface area (Å²) in [4.78, 5) is 22.8. The number of rotatable bonds is 6. The van der Waals surface area contributed by atoms with E-state index in [1.807, 2.05) is 0 Å². The number of ether oxygens (including phenoxy) is 3. The first-order chi connectivity index (χ1) is 11.6. The van der Waals surface area contributed by atoms with Crippen molar-refractivity contribution in [3.63, 3.8) is 0 Å². The van der Waals surface area contributed by atoms with Gasteiger partial charge in [-0.1, -0.05) is 25.3 Å². The number of carbonyl (C=O) groups excluding carboxylic acids is 2. The average Bonchev–Trinajstić information content (AvgIpc) is 2.59. The van der Waals surface area contributed by atoms with Crippen molar-refractivity contribution in [1.82, 2.24) is 5.32 Å². The van der Waals surface area contributed by atoms with Gasteiger partial charge in [0.1, 0.15) is 6.61 Å². The van der Waals surface area contributed by atoms with Crippen LogP contribution in [0, 0.1) is 5.92 Å². The van der Waals surface area contributed by atoms with Crippen LogP contribution in [0.4, 0.5) is 4.79 Å². The normalized spacial score (nSPS) is 14.8. The molecule has 2 rings (SSSR count). The molecule has 24 heavy (non-hydrogen) atoms. The number of benzene rings is 1. The lowest BCUT2D eigenvalue weighted by Gasteiger charge is -2.21. The van der Waals surface area contributed by atoms with Crippen molar-refractivity contribution >= 4 is 12.1 Å². The highest BCUT2D eigenvalue weighted by Gasteiger charge is 2.15. The highest BCUT2D eigenvalue weighted by Crippen LogP contribution is 2.28. The summed E-state index contributed by atoms with van der Waals surface area (Å²) in [6, 6.07) is 5.04. The number of methoxy groups -OCH3 is 1. The Bertz CT molecular complexity index is 567. The van der Waals surface area contributed by atoms with E-state index >= 15 is 0 Å². The third kappa shape index (κ3) is 5.76. The van der Waals surface area contributed by atoms with Gasteiger partial charge in [-0.05, 0) is 36.5 Å². The average molecular weight is 335 g/mol. The van der Waals surface area contributed by atoms with Gasteiger partial charge in [0.25, 0.3) is 0 Å². The molecule has 6 heteroatoms. The van der Waals surface area contributed by atoms with E-state index in [-0.39, 0.29) is 6.61 Å². The molecule has 0 bridgehead atoms. The molecule has 1 aliphatic rings. The molecular weight excluding hydrogens is 310 g/mol. The molecule has 0 aromatic heterocycles. The molecular formula is C18H25NO5. The molecule has 0 radical (unpaired) electrons. The van der Waals surface area contributed by atoms with E-state index < -0.39 is 12.1 Å². The summed E-state index contributed by atoms with van der Waals surface area (Å²) in [5, 5.41) is 2.83. The van der Waals surface area contributed by atoms with E-state index in [0.29, 0.717) is 24.0 Å². The van der Waals surface area contributed by atoms with Crippen LogP contribution >= 0.6 is 0 Å². The summed E-state index contributed by atoms with van der Waals surface area (Å²) in [5.74, 6) is 0.915. The van der Waals surface area contributed by atoms with Crippen LogP contribution in [0.5, 0.6) is 11.5 Å². The minimum Gasteiger partial charge on any atom is -0.493 e. The highest BCUT2D eigenvalue weighted by atomic mass is 16.6. The Morgan fingerprint density at radius 3 is 2.58 bits per heavy atom. The zero-order valence-electron chi connectivity index (χ0n) is 14.3. The van der Waals surface area contributed by atoms with Crippen molar-refractivity contribution in [2.45, 2.75) is 45.6 Å². The molecule has 1 aromatic carbocycles. The lowest BCUT2D eigenvalue weighted by molar-refractivity contribution is -0.132. The zero-order valence-corrected chi connectivity index (χ0v) is 14.3. The number of nitrogens with one attached hydrogen (secondary N) is 1. The molecule has 0 saturated heterocycles. The number of amides is 1. The first-order valence-corrected chi connectivity index (χ1v) is 8.34. The summed E-state index contributed by atoms with van der Waals surface area (Å²) in [6.45, 7) is 2.13. The second kappa shape index (κ2) is 9.15. The van der Waals surface area contributed by atoms with Crippen LogP contribution in [0.15, 0.2) is 18.2 Å². The molecule has 6 nitrogen and oxygen atoms in total. The van der Waals surface area contributed by atoms with E-state index in [9.17, 15) is 9.59 Å². The maximum Gasteiger partial charge on any atom is 0.407 e. The molecule has 1 aliphatic carbocycles. The zero-order chi connectivity index (χ0) is 17.4. The smallest absolute Gasteiger partial charge is 0.407 e. The molecule has 0 aliphatic heterocycles. The van der Waals surface area contributed by atoms with Crippen LogP contribution in [0.25, 0.3) is 0 Å². The lowest BCUT2D eigenvalue weighted by atomic mass is 9.89. The number of hydrogen-bond acceptors (Lipinski definition) is 5. The van der Waals surface area contributed by atoms with Crippen LogP contribution < -0.4 is 14.8 Å².